The Kier molecular flexibility index (Phi) is 2.03. The first kappa shape index (κ1) is 10.4. The highest BCUT2D eigenvalue weighted by atomic mass is 32.2. The van der Waals surface area contributed by atoms with Crippen LogP contribution in [0, 0.1) is 0 Å². The molecule has 0 bridgehead atoms. The summed E-state index contributed by atoms with van der Waals surface area (Å²) in [4.78, 5) is 19.9. The van der Waals surface area contributed by atoms with Crippen LogP contribution < -0.4 is 10.5 Å². The quantitative estimate of drug-likeness (QED) is 0.688. The van der Waals surface area contributed by atoms with E-state index in [1.165, 1.54) is 4.52 Å². The van der Waals surface area contributed by atoms with Crippen molar-refractivity contribution in [3.63, 3.8) is 0 Å². The van der Waals surface area contributed by atoms with E-state index >= 15 is 0 Å². The van der Waals surface area contributed by atoms with Crippen LogP contribution in [-0.2, 0) is 13.0 Å². The number of nitrogens with zero attached hydrogens (tertiary/aromatic N) is 5. The summed E-state index contributed by atoms with van der Waals surface area (Å²) >= 11 is 1.61. The summed E-state index contributed by atoms with van der Waals surface area (Å²) in [6.07, 6.45) is 2.01. The minimum atomic E-state index is -0.00463. The van der Waals surface area contributed by atoms with Gasteiger partial charge in [-0.2, -0.15) is 4.52 Å². The summed E-state index contributed by atoms with van der Waals surface area (Å²) in [6, 6.07) is 0. The van der Waals surface area contributed by atoms with Crippen LogP contribution >= 0.6 is 11.8 Å². The molecule has 2 aliphatic heterocycles. The number of aryl methyl sites for hydroxylation is 1. The predicted octanol–water partition coefficient (Wildman–Crippen LogP) is 0.379. The molecule has 0 unspecified atom stereocenters. The fourth-order valence-corrected chi connectivity index (χ4v) is 3.60. The van der Waals surface area contributed by atoms with E-state index in [0.717, 1.165) is 48.2 Å². The second-order valence-electron chi connectivity index (χ2n) is 4.73. The number of thioether (sulfide) groups is 1. The van der Waals surface area contributed by atoms with Gasteiger partial charge in [-0.3, -0.25) is 9.36 Å². The van der Waals surface area contributed by atoms with E-state index in [0.29, 0.717) is 5.78 Å². The van der Waals surface area contributed by atoms with Crippen LogP contribution in [0.1, 0.15) is 12.1 Å². The van der Waals surface area contributed by atoms with Gasteiger partial charge in [0.25, 0.3) is 5.56 Å². The van der Waals surface area contributed by atoms with Gasteiger partial charge in [0.05, 0.1) is 10.6 Å². The molecule has 0 aromatic carbocycles. The maximum absolute atomic E-state index is 12.4. The Balaban J connectivity index is 2.08. The van der Waals surface area contributed by atoms with Crippen LogP contribution in [0.5, 0.6) is 0 Å². The Labute approximate surface area is 108 Å². The van der Waals surface area contributed by atoms with Gasteiger partial charge < -0.3 is 4.90 Å². The summed E-state index contributed by atoms with van der Waals surface area (Å²) in [6.45, 7) is 1.79. The van der Waals surface area contributed by atoms with E-state index < -0.39 is 0 Å². The molecule has 0 fully saturated rings. The van der Waals surface area contributed by atoms with Gasteiger partial charge in [0.2, 0.25) is 11.7 Å². The highest BCUT2D eigenvalue weighted by Gasteiger charge is 2.25. The lowest BCUT2D eigenvalue weighted by Crippen LogP contribution is -2.24. The van der Waals surface area contributed by atoms with Gasteiger partial charge in [-0.25, -0.2) is 4.98 Å². The standard InChI is InChI=1S/C11H13N5OS/c1-14-4-5-15-10-12-7-3-2-6-18-8(7)9(17)16(10)13-11(14)15/h2-6H2,1H3. The van der Waals surface area contributed by atoms with E-state index in [-0.39, 0.29) is 5.56 Å². The van der Waals surface area contributed by atoms with Crippen molar-refractivity contribution in [1.29, 1.82) is 0 Å². The number of fused-ring (bicyclic) bond motifs is 4. The topological polar surface area (TPSA) is 55.4 Å². The third-order valence-electron chi connectivity index (χ3n) is 3.55. The number of hydrogen-bond acceptors (Lipinski definition) is 5. The molecule has 94 valence electrons. The molecule has 0 saturated heterocycles. The molecule has 0 atom stereocenters. The summed E-state index contributed by atoms with van der Waals surface area (Å²) in [5.41, 5.74) is 0.948. The molecule has 18 heavy (non-hydrogen) atoms. The summed E-state index contributed by atoms with van der Waals surface area (Å²) in [5.74, 6) is 2.54. The van der Waals surface area contributed by atoms with Crippen molar-refractivity contribution in [2.75, 3.05) is 24.2 Å². The molecule has 2 aliphatic rings. The normalized spacial score (nSPS) is 18.2. The van der Waals surface area contributed by atoms with Gasteiger partial charge in [0.15, 0.2) is 0 Å². The maximum atomic E-state index is 12.4. The van der Waals surface area contributed by atoms with Gasteiger partial charge in [-0.15, -0.1) is 16.9 Å². The first-order chi connectivity index (χ1) is 8.75. The monoisotopic (exact) mass is 263 g/mol. The molecule has 0 amide bonds. The summed E-state index contributed by atoms with van der Waals surface area (Å²) in [5, 5.41) is 4.40. The number of likely N-dealkylation sites (N-methyl/N-ethyl adjacent to an activating group) is 1. The molecule has 4 rings (SSSR count). The first-order valence-electron chi connectivity index (χ1n) is 6.12. The number of aromatic nitrogens is 4. The fourth-order valence-electron chi connectivity index (χ4n) is 2.59. The molecule has 6 nitrogen and oxygen atoms in total. The molecular weight excluding hydrogens is 250 g/mol. The number of anilines is 1. The Morgan fingerprint density at radius 1 is 1.33 bits per heavy atom. The van der Waals surface area contributed by atoms with Crippen molar-refractivity contribution in [3.8, 4) is 0 Å². The molecular formula is C11H13N5OS. The molecule has 0 radical (unpaired) electrons. The van der Waals surface area contributed by atoms with Crippen molar-refractivity contribution in [2.24, 2.45) is 0 Å². The van der Waals surface area contributed by atoms with Crippen LogP contribution in [0.15, 0.2) is 9.69 Å². The van der Waals surface area contributed by atoms with Crippen LogP contribution in [0.2, 0.25) is 0 Å². The second-order valence-corrected chi connectivity index (χ2v) is 5.83. The average molecular weight is 263 g/mol. The lowest BCUT2D eigenvalue weighted by Gasteiger charge is -2.12. The average Bonchev–Trinajstić information content (AvgIpc) is 2.92. The molecule has 0 aliphatic carbocycles. The van der Waals surface area contributed by atoms with E-state index in [4.69, 9.17) is 0 Å². The molecule has 0 N–H and O–H groups in total. The number of hydrogen-bond donors (Lipinski definition) is 0. The zero-order valence-electron chi connectivity index (χ0n) is 10.1. The smallest absolute Gasteiger partial charge is 0.289 e. The Morgan fingerprint density at radius 2 is 2.22 bits per heavy atom. The van der Waals surface area contributed by atoms with Crippen molar-refractivity contribution in [3.05, 3.63) is 16.0 Å². The zero-order chi connectivity index (χ0) is 12.3. The SMILES string of the molecule is CN1CCn2c1nn1c(=O)c3c(nc21)CCCS3. The largest absolute Gasteiger partial charge is 0.342 e. The van der Waals surface area contributed by atoms with Crippen molar-refractivity contribution in [1.82, 2.24) is 19.2 Å². The Morgan fingerprint density at radius 3 is 3.11 bits per heavy atom. The van der Waals surface area contributed by atoms with E-state index in [9.17, 15) is 4.79 Å². The molecule has 2 aromatic heterocycles. The van der Waals surface area contributed by atoms with Gasteiger partial charge in [0.1, 0.15) is 0 Å². The van der Waals surface area contributed by atoms with Gasteiger partial charge in [0, 0.05) is 20.1 Å². The van der Waals surface area contributed by atoms with Crippen molar-refractivity contribution < 1.29 is 0 Å². The highest BCUT2D eigenvalue weighted by Crippen LogP contribution is 2.27. The van der Waals surface area contributed by atoms with E-state index in [1.807, 2.05) is 11.6 Å². The minimum Gasteiger partial charge on any atom is -0.342 e. The molecule has 2 aromatic rings. The summed E-state index contributed by atoms with van der Waals surface area (Å²) in [7, 11) is 1.99. The van der Waals surface area contributed by atoms with Gasteiger partial charge >= 0.3 is 0 Å². The molecule has 0 saturated carbocycles. The van der Waals surface area contributed by atoms with Crippen LogP contribution in [-0.4, -0.2) is 38.5 Å². The predicted molar refractivity (Wildman–Crippen MR) is 69.6 cm³/mol. The maximum Gasteiger partial charge on any atom is 0.289 e. The fraction of sp³-hybridized carbons (Fsp3) is 0.545. The summed E-state index contributed by atoms with van der Waals surface area (Å²) < 4.78 is 3.49. The van der Waals surface area contributed by atoms with E-state index in [1.54, 1.807) is 11.8 Å². The Hall–Kier alpha value is -1.50. The Bertz CT molecular complexity index is 704. The molecule has 4 heterocycles. The van der Waals surface area contributed by atoms with Gasteiger partial charge in [-0.05, 0) is 18.6 Å². The third-order valence-corrected chi connectivity index (χ3v) is 4.74. The first-order valence-corrected chi connectivity index (χ1v) is 7.10. The lowest BCUT2D eigenvalue weighted by molar-refractivity contribution is 0.741. The van der Waals surface area contributed by atoms with Crippen LogP contribution in [0.3, 0.4) is 0 Å². The van der Waals surface area contributed by atoms with Crippen LogP contribution in [0.4, 0.5) is 5.95 Å². The minimum absolute atomic E-state index is 0.00463. The van der Waals surface area contributed by atoms with Crippen molar-refractivity contribution in [2.45, 2.75) is 24.3 Å². The highest BCUT2D eigenvalue weighted by molar-refractivity contribution is 7.99. The molecule has 0 spiro atoms. The second kappa shape index (κ2) is 3.50. The van der Waals surface area contributed by atoms with Crippen LogP contribution in [0.25, 0.3) is 5.78 Å². The molecule has 7 heteroatoms. The zero-order valence-corrected chi connectivity index (χ0v) is 10.9. The lowest BCUT2D eigenvalue weighted by atomic mass is 10.2. The third kappa shape index (κ3) is 1.22. The van der Waals surface area contributed by atoms with Gasteiger partial charge in [-0.1, -0.05) is 0 Å². The number of rotatable bonds is 0. The van der Waals surface area contributed by atoms with Crippen molar-refractivity contribution >= 4 is 23.5 Å². The van der Waals surface area contributed by atoms with E-state index in [2.05, 4.69) is 15.0 Å².